The molecule has 0 saturated carbocycles. The lowest BCUT2D eigenvalue weighted by Gasteiger charge is -2.39. The van der Waals surface area contributed by atoms with Crippen LogP contribution < -0.4 is 0 Å². The van der Waals surface area contributed by atoms with Crippen LogP contribution in [0.5, 0.6) is 0 Å². The Morgan fingerprint density at radius 3 is 2.15 bits per heavy atom. The van der Waals surface area contributed by atoms with Gasteiger partial charge in [-0.25, -0.2) is 4.67 Å². The fourth-order valence-electron chi connectivity index (χ4n) is 2.14. The zero-order valence-electron chi connectivity index (χ0n) is 14.1. The second-order valence-corrected chi connectivity index (χ2v) is 7.53. The zero-order valence-corrected chi connectivity index (χ0v) is 15.0. The van der Waals surface area contributed by atoms with Crippen LogP contribution >= 0.6 is 8.53 Å². The number of hydrogen-bond acceptors (Lipinski definition) is 4. The third-order valence-corrected chi connectivity index (χ3v) is 5.19. The predicted octanol–water partition coefficient (Wildman–Crippen LogP) is 4.86. The molecule has 0 amide bonds. The second-order valence-electron chi connectivity index (χ2n) is 6.15. The van der Waals surface area contributed by atoms with Crippen molar-refractivity contribution in [3.8, 4) is 6.07 Å². The molecule has 0 radical (unpaired) electrons. The molecule has 0 aliphatic heterocycles. The molecule has 5 heteroatoms. The number of nitrogens with zero attached hydrogens (tertiary/aromatic N) is 2. The molecular weight excluding hydrogens is 271 g/mol. The highest BCUT2D eigenvalue weighted by Crippen LogP contribution is 2.49. The molecule has 0 aromatic rings. The topological polar surface area (TPSA) is 45.5 Å². The Kier molecular flexibility index (Phi) is 9.59. The minimum atomic E-state index is -1.13. The van der Waals surface area contributed by atoms with Crippen LogP contribution in [0.2, 0.25) is 0 Å². The first-order chi connectivity index (χ1) is 9.25. The summed E-state index contributed by atoms with van der Waals surface area (Å²) in [7, 11) is -1.13. The van der Waals surface area contributed by atoms with Gasteiger partial charge in [-0.15, -0.1) is 0 Å². The van der Waals surface area contributed by atoms with Gasteiger partial charge in [0.05, 0.1) is 24.7 Å². The molecule has 20 heavy (non-hydrogen) atoms. The first-order valence-electron chi connectivity index (χ1n) is 7.52. The maximum absolute atomic E-state index is 8.68. The van der Waals surface area contributed by atoms with Crippen LogP contribution in [-0.2, 0) is 9.05 Å². The summed E-state index contributed by atoms with van der Waals surface area (Å²) in [5.41, 5.74) is -0.199. The largest absolute Gasteiger partial charge is 0.321 e. The van der Waals surface area contributed by atoms with Gasteiger partial charge in [0.1, 0.15) is 0 Å². The van der Waals surface area contributed by atoms with Crippen molar-refractivity contribution in [3.05, 3.63) is 0 Å². The standard InChI is InChI=1S/C15H31N2O2P/c1-8-10-15(6,7)19-20(18-12-9-11-16)17(13(2)3)14(4)5/h13-14H,8-10,12H2,1-7H3. The van der Waals surface area contributed by atoms with Gasteiger partial charge in [0.25, 0.3) is 8.53 Å². The van der Waals surface area contributed by atoms with Gasteiger partial charge in [-0.3, -0.25) is 0 Å². The van der Waals surface area contributed by atoms with Gasteiger partial charge in [0.15, 0.2) is 0 Å². The SMILES string of the molecule is CCCC(C)(C)OP(OCCC#N)N(C(C)C)C(C)C. The highest BCUT2D eigenvalue weighted by atomic mass is 31.2. The van der Waals surface area contributed by atoms with E-state index in [-0.39, 0.29) is 5.60 Å². The first-order valence-corrected chi connectivity index (χ1v) is 8.65. The summed E-state index contributed by atoms with van der Waals surface area (Å²) < 4.78 is 14.4. The lowest BCUT2D eigenvalue weighted by molar-refractivity contribution is 0.0650. The molecule has 0 saturated heterocycles. The fraction of sp³-hybridized carbons (Fsp3) is 0.933. The molecule has 1 atom stereocenters. The first kappa shape index (κ1) is 19.8. The smallest absolute Gasteiger partial charge is 0.259 e. The van der Waals surface area contributed by atoms with Crippen LogP contribution in [0, 0.1) is 11.3 Å². The molecule has 0 aromatic carbocycles. The fourth-order valence-corrected chi connectivity index (χ4v) is 3.94. The minimum absolute atomic E-state index is 0.199. The Bertz CT molecular complexity index is 293. The van der Waals surface area contributed by atoms with Crippen LogP contribution in [-0.4, -0.2) is 29.0 Å². The highest BCUT2D eigenvalue weighted by molar-refractivity contribution is 7.44. The van der Waals surface area contributed by atoms with Gasteiger partial charge in [0.2, 0.25) is 0 Å². The van der Waals surface area contributed by atoms with Gasteiger partial charge in [-0.2, -0.15) is 5.26 Å². The summed E-state index contributed by atoms with van der Waals surface area (Å²) in [6.07, 6.45) is 2.48. The van der Waals surface area contributed by atoms with Crippen molar-refractivity contribution < 1.29 is 9.05 Å². The molecular formula is C15H31N2O2P. The lowest BCUT2D eigenvalue weighted by atomic mass is 10.0. The van der Waals surface area contributed by atoms with E-state index in [1.54, 1.807) is 0 Å². The predicted molar refractivity (Wildman–Crippen MR) is 85.3 cm³/mol. The zero-order chi connectivity index (χ0) is 15.8. The van der Waals surface area contributed by atoms with Gasteiger partial charge >= 0.3 is 0 Å². The van der Waals surface area contributed by atoms with Crippen LogP contribution in [0.3, 0.4) is 0 Å². The molecule has 0 aliphatic carbocycles. The van der Waals surface area contributed by atoms with Crippen LogP contribution in [0.15, 0.2) is 0 Å². The normalized spacial score (nSPS) is 14.1. The Hall–Kier alpha value is -0.200. The highest BCUT2D eigenvalue weighted by Gasteiger charge is 2.32. The molecule has 4 nitrogen and oxygen atoms in total. The summed E-state index contributed by atoms with van der Waals surface area (Å²) in [6.45, 7) is 15.4. The van der Waals surface area contributed by atoms with E-state index in [0.29, 0.717) is 25.1 Å². The third kappa shape index (κ3) is 7.55. The molecule has 0 N–H and O–H groups in total. The molecule has 0 bridgehead atoms. The minimum Gasteiger partial charge on any atom is -0.321 e. The molecule has 0 fully saturated rings. The van der Waals surface area contributed by atoms with Crippen molar-refractivity contribution >= 4 is 8.53 Å². The summed E-state index contributed by atoms with van der Waals surface area (Å²) >= 11 is 0. The van der Waals surface area contributed by atoms with Crippen molar-refractivity contribution in [2.24, 2.45) is 0 Å². The van der Waals surface area contributed by atoms with Crippen molar-refractivity contribution in [2.45, 2.75) is 85.4 Å². The molecule has 0 aromatic heterocycles. The molecule has 1 unspecified atom stereocenters. The van der Waals surface area contributed by atoms with Crippen molar-refractivity contribution in [1.29, 1.82) is 5.26 Å². The molecule has 118 valence electrons. The van der Waals surface area contributed by atoms with E-state index in [2.05, 4.69) is 59.2 Å². The number of rotatable bonds is 10. The third-order valence-electron chi connectivity index (χ3n) is 2.84. The van der Waals surface area contributed by atoms with Gasteiger partial charge in [-0.1, -0.05) is 13.3 Å². The van der Waals surface area contributed by atoms with Gasteiger partial charge in [0, 0.05) is 12.1 Å². The average Bonchev–Trinajstić information content (AvgIpc) is 2.27. The number of nitriles is 1. The molecule has 0 aliphatic rings. The summed E-state index contributed by atoms with van der Waals surface area (Å²) in [6, 6.07) is 2.82. The quantitative estimate of drug-likeness (QED) is 0.427. The average molecular weight is 302 g/mol. The maximum atomic E-state index is 8.68. The van der Waals surface area contributed by atoms with E-state index in [0.717, 1.165) is 12.8 Å². The summed E-state index contributed by atoms with van der Waals surface area (Å²) in [5.74, 6) is 0. The van der Waals surface area contributed by atoms with Crippen molar-refractivity contribution in [1.82, 2.24) is 4.67 Å². The number of hydrogen-bond donors (Lipinski definition) is 0. The van der Waals surface area contributed by atoms with E-state index in [9.17, 15) is 0 Å². The lowest BCUT2D eigenvalue weighted by Crippen LogP contribution is -2.36. The second kappa shape index (κ2) is 9.68. The Morgan fingerprint density at radius 1 is 1.20 bits per heavy atom. The molecule has 0 rings (SSSR count). The summed E-state index contributed by atoms with van der Waals surface area (Å²) in [5, 5.41) is 8.68. The van der Waals surface area contributed by atoms with Crippen LogP contribution in [0.1, 0.15) is 67.7 Å². The monoisotopic (exact) mass is 302 g/mol. The van der Waals surface area contributed by atoms with E-state index in [1.807, 2.05) is 0 Å². The Morgan fingerprint density at radius 2 is 1.75 bits per heavy atom. The van der Waals surface area contributed by atoms with Gasteiger partial charge in [-0.05, 0) is 48.0 Å². The van der Waals surface area contributed by atoms with E-state index in [4.69, 9.17) is 14.3 Å². The van der Waals surface area contributed by atoms with E-state index in [1.165, 1.54) is 0 Å². The maximum Gasteiger partial charge on any atom is 0.259 e. The summed E-state index contributed by atoms with van der Waals surface area (Å²) in [4.78, 5) is 0. The van der Waals surface area contributed by atoms with E-state index >= 15 is 0 Å². The van der Waals surface area contributed by atoms with Crippen LogP contribution in [0.25, 0.3) is 0 Å². The van der Waals surface area contributed by atoms with Crippen molar-refractivity contribution in [2.75, 3.05) is 6.61 Å². The van der Waals surface area contributed by atoms with Crippen molar-refractivity contribution in [3.63, 3.8) is 0 Å². The Labute approximate surface area is 126 Å². The van der Waals surface area contributed by atoms with E-state index < -0.39 is 8.53 Å². The molecule has 0 spiro atoms. The van der Waals surface area contributed by atoms with Gasteiger partial charge < -0.3 is 9.05 Å². The Balaban J connectivity index is 4.91. The molecule has 0 heterocycles. The van der Waals surface area contributed by atoms with Crippen LogP contribution in [0.4, 0.5) is 0 Å².